The third kappa shape index (κ3) is 3.79. The summed E-state index contributed by atoms with van der Waals surface area (Å²) in [5.41, 5.74) is 4.52. The smallest absolute Gasteiger partial charge is 0.273 e. The largest absolute Gasteiger partial charge is 0.281 e. The summed E-state index contributed by atoms with van der Waals surface area (Å²) in [6.07, 6.45) is 1.26. The predicted octanol–water partition coefficient (Wildman–Crippen LogP) is 5.05. The van der Waals surface area contributed by atoms with Crippen molar-refractivity contribution >= 4 is 50.7 Å². The van der Waals surface area contributed by atoms with Gasteiger partial charge in [0, 0.05) is 20.5 Å². The molecule has 0 saturated carbocycles. The van der Waals surface area contributed by atoms with Crippen LogP contribution < -0.4 is 11.0 Å². The number of thiophene rings is 1. The van der Waals surface area contributed by atoms with Gasteiger partial charge in [-0.15, -0.1) is 11.3 Å². The van der Waals surface area contributed by atoms with Crippen LogP contribution in [0.3, 0.4) is 0 Å². The first-order chi connectivity index (χ1) is 14.0. The fourth-order valence-corrected chi connectivity index (χ4v) is 4.70. The van der Waals surface area contributed by atoms with Gasteiger partial charge < -0.3 is 0 Å². The minimum absolute atomic E-state index is 0.0583. The SMILES string of the molecule is Cc1sc2ncn(NC(=O)Cc3c(Cl)cccc3Cl)c(=O)c2c1-c1ccccc1. The highest BCUT2D eigenvalue weighted by Gasteiger charge is 2.18. The fourth-order valence-electron chi connectivity index (χ4n) is 3.17. The molecule has 1 amide bonds. The number of carbonyl (C=O) groups excluding carboxylic acids is 1. The molecule has 0 radical (unpaired) electrons. The molecular formula is C21H15Cl2N3O2S. The average Bonchev–Trinajstić information content (AvgIpc) is 3.04. The quantitative estimate of drug-likeness (QED) is 0.479. The van der Waals surface area contributed by atoms with Gasteiger partial charge in [-0.3, -0.25) is 15.0 Å². The van der Waals surface area contributed by atoms with Gasteiger partial charge in [0.25, 0.3) is 5.56 Å². The Morgan fingerprint density at radius 2 is 1.79 bits per heavy atom. The van der Waals surface area contributed by atoms with Gasteiger partial charge in [-0.05, 0) is 30.2 Å². The molecule has 2 aromatic heterocycles. The van der Waals surface area contributed by atoms with Crippen molar-refractivity contribution in [2.75, 3.05) is 5.43 Å². The van der Waals surface area contributed by atoms with E-state index in [1.807, 2.05) is 37.3 Å². The number of rotatable bonds is 4. The maximum Gasteiger partial charge on any atom is 0.281 e. The summed E-state index contributed by atoms with van der Waals surface area (Å²) in [6.45, 7) is 1.95. The van der Waals surface area contributed by atoms with Gasteiger partial charge in [-0.2, -0.15) is 0 Å². The van der Waals surface area contributed by atoms with E-state index in [4.69, 9.17) is 23.2 Å². The van der Waals surface area contributed by atoms with Crippen molar-refractivity contribution < 1.29 is 4.79 Å². The van der Waals surface area contributed by atoms with Gasteiger partial charge in [0.1, 0.15) is 11.2 Å². The number of aryl methyl sites for hydroxylation is 1. The normalized spacial score (nSPS) is 11.0. The van der Waals surface area contributed by atoms with Crippen LogP contribution in [0.4, 0.5) is 0 Å². The Hall–Kier alpha value is -2.67. The molecule has 0 fully saturated rings. The van der Waals surface area contributed by atoms with Gasteiger partial charge in [0.15, 0.2) is 0 Å². The summed E-state index contributed by atoms with van der Waals surface area (Å²) in [6, 6.07) is 14.7. The lowest BCUT2D eigenvalue weighted by molar-refractivity contribution is -0.116. The number of nitrogens with zero attached hydrogens (tertiary/aromatic N) is 2. The molecule has 0 aliphatic carbocycles. The molecule has 5 nitrogen and oxygen atoms in total. The van der Waals surface area contributed by atoms with Crippen LogP contribution in [-0.4, -0.2) is 15.6 Å². The van der Waals surface area contributed by atoms with E-state index in [-0.39, 0.29) is 12.0 Å². The van der Waals surface area contributed by atoms with Gasteiger partial charge in [-0.25, -0.2) is 9.66 Å². The molecule has 4 aromatic rings. The number of fused-ring (bicyclic) bond motifs is 1. The van der Waals surface area contributed by atoms with Crippen molar-refractivity contribution in [3.63, 3.8) is 0 Å². The molecule has 2 aromatic carbocycles. The lowest BCUT2D eigenvalue weighted by Crippen LogP contribution is -2.34. The first-order valence-electron chi connectivity index (χ1n) is 8.74. The van der Waals surface area contributed by atoms with Crippen LogP contribution >= 0.6 is 34.5 Å². The number of benzene rings is 2. The second-order valence-corrected chi connectivity index (χ2v) is 8.43. The standard InChI is InChI=1S/C21H15Cl2N3O2S/c1-12-18(13-6-3-2-4-7-13)19-20(29-12)24-11-26(21(19)28)25-17(27)10-14-15(22)8-5-9-16(14)23/h2-9,11H,10H2,1H3,(H,25,27). The number of aromatic nitrogens is 2. The van der Waals surface area contributed by atoms with E-state index in [1.54, 1.807) is 18.2 Å². The summed E-state index contributed by atoms with van der Waals surface area (Å²) in [7, 11) is 0. The lowest BCUT2D eigenvalue weighted by Gasteiger charge is -2.10. The summed E-state index contributed by atoms with van der Waals surface area (Å²) >= 11 is 13.7. The van der Waals surface area contributed by atoms with E-state index in [9.17, 15) is 9.59 Å². The summed E-state index contributed by atoms with van der Waals surface area (Å²) in [5.74, 6) is -0.420. The number of hydrogen-bond donors (Lipinski definition) is 1. The minimum Gasteiger partial charge on any atom is -0.273 e. The van der Waals surface area contributed by atoms with E-state index in [0.29, 0.717) is 25.8 Å². The van der Waals surface area contributed by atoms with E-state index >= 15 is 0 Å². The van der Waals surface area contributed by atoms with Crippen molar-refractivity contribution in [1.82, 2.24) is 9.66 Å². The Kier molecular flexibility index (Phi) is 5.41. The van der Waals surface area contributed by atoms with Crippen LogP contribution in [0.15, 0.2) is 59.7 Å². The predicted molar refractivity (Wildman–Crippen MR) is 119 cm³/mol. The zero-order chi connectivity index (χ0) is 20.5. The highest BCUT2D eigenvalue weighted by Crippen LogP contribution is 2.35. The monoisotopic (exact) mass is 443 g/mol. The zero-order valence-corrected chi connectivity index (χ0v) is 17.6. The molecule has 29 heavy (non-hydrogen) atoms. The maximum absolute atomic E-state index is 13.1. The highest BCUT2D eigenvalue weighted by molar-refractivity contribution is 7.19. The molecule has 0 aliphatic heterocycles. The van der Waals surface area contributed by atoms with Crippen LogP contribution in [0.25, 0.3) is 21.3 Å². The first-order valence-corrected chi connectivity index (χ1v) is 10.3. The number of carbonyl (C=O) groups is 1. The van der Waals surface area contributed by atoms with Crippen LogP contribution in [0.2, 0.25) is 10.0 Å². The molecule has 0 spiro atoms. The number of nitrogens with one attached hydrogen (secondary N) is 1. The van der Waals surface area contributed by atoms with Crippen LogP contribution in [-0.2, 0) is 11.2 Å². The molecule has 0 atom stereocenters. The van der Waals surface area contributed by atoms with Gasteiger partial charge in [0.2, 0.25) is 5.91 Å². The van der Waals surface area contributed by atoms with Gasteiger partial charge >= 0.3 is 0 Å². The van der Waals surface area contributed by atoms with Gasteiger partial charge in [0.05, 0.1) is 11.8 Å². The second kappa shape index (κ2) is 7.99. The van der Waals surface area contributed by atoms with E-state index < -0.39 is 5.91 Å². The van der Waals surface area contributed by atoms with E-state index in [1.165, 1.54) is 17.7 Å². The molecule has 0 saturated heterocycles. The molecule has 146 valence electrons. The van der Waals surface area contributed by atoms with E-state index in [2.05, 4.69) is 10.4 Å². The minimum atomic E-state index is -0.420. The molecule has 2 heterocycles. The van der Waals surface area contributed by atoms with Crippen molar-refractivity contribution in [1.29, 1.82) is 0 Å². The Morgan fingerprint density at radius 3 is 2.48 bits per heavy atom. The summed E-state index contributed by atoms with van der Waals surface area (Å²) in [5, 5.41) is 1.28. The Morgan fingerprint density at radius 1 is 1.10 bits per heavy atom. The summed E-state index contributed by atoms with van der Waals surface area (Å²) < 4.78 is 1.11. The van der Waals surface area contributed by atoms with Crippen molar-refractivity contribution in [2.45, 2.75) is 13.3 Å². The lowest BCUT2D eigenvalue weighted by atomic mass is 10.0. The number of amides is 1. The molecule has 8 heteroatoms. The third-order valence-corrected chi connectivity index (χ3v) is 6.22. The molecule has 0 bridgehead atoms. The van der Waals surface area contributed by atoms with Crippen LogP contribution in [0, 0.1) is 6.92 Å². The fraction of sp³-hybridized carbons (Fsp3) is 0.0952. The van der Waals surface area contributed by atoms with Crippen LogP contribution in [0.5, 0.6) is 0 Å². The van der Waals surface area contributed by atoms with Crippen molar-refractivity contribution in [2.24, 2.45) is 0 Å². The Balaban J connectivity index is 1.71. The van der Waals surface area contributed by atoms with Gasteiger partial charge in [-0.1, -0.05) is 59.6 Å². The topological polar surface area (TPSA) is 64.0 Å². The number of halogens is 2. The second-order valence-electron chi connectivity index (χ2n) is 6.41. The third-order valence-electron chi connectivity index (χ3n) is 4.50. The summed E-state index contributed by atoms with van der Waals surface area (Å²) in [4.78, 5) is 31.6. The Bertz CT molecular complexity index is 1260. The van der Waals surface area contributed by atoms with Crippen molar-refractivity contribution in [3.05, 3.63) is 85.7 Å². The van der Waals surface area contributed by atoms with Crippen LogP contribution in [0.1, 0.15) is 10.4 Å². The Labute approximate surface area is 180 Å². The number of hydrogen-bond acceptors (Lipinski definition) is 4. The molecular weight excluding hydrogens is 429 g/mol. The average molecular weight is 444 g/mol. The molecule has 0 unspecified atom stereocenters. The molecule has 0 aliphatic rings. The highest BCUT2D eigenvalue weighted by atomic mass is 35.5. The van der Waals surface area contributed by atoms with Crippen molar-refractivity contribution in [3.8, 4) is 11.1 Å². The first kappa shape index (κ1) is 19.6. The molecule has 4 rings (SSSR count). The van der Waals surface area contributed by atoms with E-state index in [0.717, 1.165) is 20.7 Å². The maximum atomic E-state index is 13.1. The molecule has 1 N–H and O–H groups in total. The zero-order valence-electron chi connectivity index (χ0n) is 15.3.